The van der Waals surface area contributed by atoms with Crippen molar-refractivity contribution < 1.29 is 19.4 Å². The highest BCUT2D eigenvalue weighted by Crippen LogP contribution is 2.17. The molecule has 1 saturated heterocycles. The molecule has 1 aliphatic heterocycles. The fraction of sp³-hybridized carbons (Fsp3) is 0.579. The third kappa shape index (κ3) is 6.29. The summed E-state index contributed by atoms with van der Waals surface area (Å²) < 4.78 is 5.65. The molecule has 2 amide bonds. The molecule has 1 heterocycles. The molecule has 1 fully saturated rings. The van der Waals surface area contributed by atoms with Crippen molar-refractivity contribution in [1.29, 1.82) is 0 Å². The summed E-state index contributed by atoms with van der Waals surface area (Å²) >= 11 is 0. The van der Waals surface area contributed by atoms with Crippen LogP contribution in [0.25, 0.3) is 0 Å². The summed E-state index contributed by atoms with van der Waals surface area (Å²) in [5.74, 6) is 0.0788. The number of urea groups is 1. The van der Waals surface area contributed by atoms with Crippen LogP contribution in [0.2, 0.25) is 0 Å². The Morgan fingerprint density at radius 2 is 2.04 bits per heavy atom. The third-order valence-electron chi connectivity index (χ3n) is 4.25. The quantitative estimate of drug-likeness (QED) is 0.794. The molecule has 1 unspecified atom stereocenters. The van der Waals surface area contributed by atoms with Gasteiger partial charge in [0.05, 0.1) is 12.5 Å². The Labute approximate surface area is 149 Å². The van der Waals surface area contributed by atoms with Gasteiger partial charge in [0.1, 0.15) is 5.75 Å². The molecule has 1 atom stereocenters. The lowest BCUT2D eigenvalue weighted by Crippen LogP contribution is -2.47. The zero-order chi connectivity index (χ0) is 18.2. The molecule has 0 radical (unpaired) electrons. The molecule has 1 aromatic carbocycles. The van der Waals surface area contributed by atoms with E-state index in [0.717, 1.165) is 24.2 Å². The molecule has 138 valence electrons. The first-order valence-corrected chi connectivity index (χ1v) is 8.93. The highest BCUT2D eigenvalue weighted by atomic mass is 16.5. The molecule has 0 bridgehead atoms. The molecule has 2 rings (SSSR count). The molecule has 0 aromatic heterocycles. The molecular weight excluding hydrogens is 320 g/mol. The number of carbonyl (C=O) groups is 2. The predicted molar refractivity (Wildman–Crippen MR) is 95.8 cm³/mol. The van der Waals surface area contributed by atoms with Crippen molar-refractivity contribution in [3.63, 3.8) is 0 Å². The Hall–Kier alpha value is -2.24. The number of aliphatic carboxylic acids is 1. The van der Waals surface area contributed by atoms with Gasteiger partial charge in [-0.15, -0.1) is 0 Å². The molecule has 6 heteroatoms. The van der Waals surface area contributed by atoms with Gasteiger partial charge < -0.3 is 20.1 Å². The van der Waals surface area contributed by atoms with Crippen molar-refractivity contribution in [3.8, 4) is 5.75 Å². The van der Waals surface area contributed by atoms with Gasteiger partial charge in [0, 0.05) is 19.6 Å². The highest BCUT2D eigenvalue weighted by molar-refractivity contribution is 5.76. The zero-order valence-corrected chi connectivity index (χ0v) is 15.0. The van der Waals surface area contributed by atoms with Gasteiger partial charge >= 0.3 is 12.0 Å². The van der Waals surface area contributed by atoms with E-state index in [2.05, 4.69) is 19.2 Å². The minimum absolute atomic E-state index is 0.178. The maximum absolute atomic E-state index is 12.2. The van der Waals surface area contributed by atoms with E-state index in [4.69, 9.17) is 9.84 Å². The monoisotopic (exact) mass is 348 g/mol. The van der Waals surface area contributed by atoms with E-state index in [1.807, 2.05) is 24.3 Å². The standard InChI is InChI=1S/C19H28N2O4/c1-14(2)13-25-17-7-5-15(6-8-17)9-10-20-19(24)21-11-3-4-16(12-21)18(22)23/h5-8,14,16H,3-4,9-13H2,1-2H3,(H,20,24)(H,22,23). The second-order valence-corrected chi connectivity index (χ2v) is 6.95. The van der Waals surface area contributed by atoms with Crippen LogP contribution in [0.3, 0.4) is 0 Å². The van der Waals surface area contributed by atoms with Gasteiger partial charge in [-0.3, -0.25) is 4.79 Å². The molecule has 0 spiro atoms. The van der Waals surface area contributed by atoms with Crippen molar-refractivity contribution in [3.05, 3.63) is 29.8 Å². The number of amides is 2. The normalized spacial score (nSPS) is 17.4. The Morgan fingerprint density at radius 3 is 2.68 bits per heavy atom. The summed E-state index contributed by atoms with van der Waals surface area (Å²) in [6.07, 6.45) is 2.11. The smallest absolute Gasteiger partial charge is 0.317 e. The van der Waals surface area contributed by atoms with Crippen LogP contribution in [-0.2, 0) is 11.2 Å². The number of hydrogen-bond donors (Lipinski definition) is 2. The average molecular weight is 348 g/mol. The number of hydrogen-bond acceptors (Lipinski definition) is 3. The zero-order valence-electron chi connectivity index (χ0n) is 15.0. The van der Waals surface area contributed by atoms with E-state index < -0.39 is 11.9 Å². The topological polar surface area (TPSA) is 78.9 Å². The first kappa shape index (κ1) is 19.1. The van der Waals surface area contributed by atoms with E-state index >= 15 is 0 Å². The predicted octanol–water partition coefficient (Wildman–Crippen LogP) is 2.77. The number of likely N-dealkylation sites (tertiary alicyclic amines) is 1. The maximum Gasteiger partial charge on any atom is 0.317 e. The molecule has 6 nitrogen and oxygen atoms in total. The lowest BCUT2D eigenvalue weighted by molar-refractivity contribution is -0.143. The number of benzene rings is 1. The fourth-order valence-corrected chi connectivity index (χ4v) is 2.80. The molecular formula is C19H28N2O4. The van der Waals surface area contributed by atoms with Gasteiger partial charge in [-0.1, -0.05) is 26.0 Å². The van der Waals surface area contributed by atoms with Crippen LogP contribution in [0, 0.1) is 11.8 Å². The van der Waals surface area contributed by atoms with Crippen molar-refractivity contribution in [2.75, 3.05) is 26.2 Å². The second kappa shape index (κ2) is 9.30. The van der Waals surface area contributed by atoms with E-state index in [9.17, 15) is 9.59 Å². The fourth-order valence-electron chi connectivity index (χ4n) is 2.80. The van der Waals surface area contributed by atoms with Crippen LogP contribution in [0.5, 0.6) is 5.75 Å². The Balaban J connectivity index is 1.72. The number of carboxylic acids is 1. The lowest BCUT2D eigenvalue weighted by atomic mass is 9.99. The summed E-state index contributed by atoms with van der Waals surface area (Å²) in [7, 11) is 0. The molecule has 2 N–H and O–H groups in total. The Kier molecular flexibility index (Phi) is 7.10. The van der Waals surface area contributed by atoms with Gasteiger partial charge in [-0.2, -0.15) is 0 Å². The molecule has 25 heavy (non-hydrogen) atoms. The molecule has 0 aliphatic carbocycles. The largest absolute Gasteiger partial charge is 0.493 e. The number of rotatable bonds is 7. The van der Waals surface area contributed by atoms with Gasteiger partial charge in [0.2, 0.25) is 0 Å². The van der Waals surface area contributed by atoms with E-state index in [0.29, 0.717) is 38.6 Å². The number of carbonyl (C=O) groups excluding carboxylic acids is 1. The van der Waals surface area contributed by atoms with Crippen LogP contribution >= 0.6 is 0 Å². The number of ether oxygens (including phenoxy) is 1. The van der Waals surface area contributed by atoms with Crippen LogP contribution < -0.4 is 10.1 Å². The SMILES string of the molecule is CC(C)COc1ccc(CCNC(=O)N2CCCC(C(=O)O)C2)cc1. The van der Waals surface area contributed by atoms with Crippen molar-refractivity contribution in [2.45, 2.75) is 33.1 Å². The highest BCUT2D eigenvalue weighted by Gasteiger charge is 2.27. The van der Waals surface area contributed by atoms with Crippen LogP contribution in [0.15, 0.2) is 24.3 Å². The van der Waals surface area contributed by atoms with E-state index in [1.165, 1.54) is 0 Å². The molecule has 1 aliphatic rings. The summed E-state index contributed by atoms with van der Waals surface area (Å²) in [6, 6.07) is 7.72. The van der Waals surface area contributed by atoms with Gasteiger partial charge in [-0.25, -0.2) is 4.79 Å². The van der Waals surface area contributed by atoms with Crippen LogP contribution in [0.4, 0.5) is 4.79 Å². The number of piperidine rings is 1. The summed E-state index contributed by atoms with van der Waals surface area (Å²) in [5.41, 5.74) is 1.12. The van der Waals surface area contributed by atoms with Gasteiger partial charge in [-0.05, 0) is 42.9 Å². The van der Waals surface area contributed by atoms with Crippen molar-refractivity contribution >= 4 is 12.0 Å². The van der Waals surface area contributed by atoms with Crippen LogP contribution in [-0.4, -0.2) is 48.2 Å². The number of nitrogens with zero attached hydrogens (tertiary/aromatic N) is 1. The summed E-state index contributed by atoms with van der Waals surface area (Å²) in [5, 5.41) is 12.0. The Morgan fingerprint density at radius 1 is 1.32 bits per heavy atom. The first-order valence-electron chi connectivity index (χ1n) is 8.93. The van der Waals surface area contributed by atoms with E-state index in [1.54, 1.807) is 4.90 Å². The van der Waals surface area contributed by atoms with Crippen molar-refractivity contribution in [1.82, 2.24) is 10.2 Å². The minimum Gasteiger partial charge on any atom is -0.493 e. The van der Waals surface area contributed by atoms with Crippen LogP contribution in [0.1, 0.15) is 32.3 Å². The lowest BCUT2D eigenvalue weighted by Gasteiger charge is -2.30. The van der Waals surface area contributed by atoms with Gasteiger partial charge in [0.15, 0.2) is 0 Å². The molecule has 1 aromatic rings. The van der Waals surface area contributed by atoms with E-state index in [-0.39, 0.29) is 6.03 Å². The Bertz CT molecular complexity index is 571. The second-order valence-electron chi connectivity index (χ2n) is 6.95. The first-order chi connectivity index (χ1) is 12.0. The summed E-state index contributed by atoms with van der Waals surface area (Å²) in [6.45, 7) is 6.36. The molecule has 0 saturated carbocycles. The summed E-state index contributed by atoms with van der Waals surface area (Å²) in [4.78, 5) is 24.8. The average Bonchev–Trinajstić information content (AvgIpc) is 2.61. The van der Waals surface area contributed by atoms with Crippen molar-refractivity contribution in [2.24, 2.45) is 11.8 Å². The number of carboxylic acid groups (broad SMARTS) is 1. The van der Waals surface area contributed by atoms with Gasteiger partial charge in [0.25, 0.3) is 0 Å². The number of nitrogens with one attached hydrogen (secondary N) is 1. The maximum atomic E-state index is 12.2. The third-order valence-corrected chi connectivity index (χ3v) is 4.25. The minimum atomic E-state index is -0.822.